The van der Waals surface area contributed by atoms with E-state index in [0.717, 1.165) is 5.56 Å². The summed E-state index contributed by atoms with van der Waals surface area (Å²) in [6.07, 6.45) is -1.27. The number of carbonyl (C=O) groups excluding carboxylic acids is 3. The number of hydrogen-bond acceptors (Lipinski definition) is 5. The minimum atomic E-state index is -1.27. The largest absolute Gasteiger partial charge is 0.322 e. The summed E-state index contributed by atoms with van der Waals surface area (Å²) in [6, 6.07) is 23.0. The van der Waals surface area contributed by atoms with Gasteiger partial charge in [0.05, 0.1) is 22.0 Å². The second-order valence-electron chi connectivity index (χ2n) is 7.95. The molecule has 1 unspecified atom stereocenters. The molecule has 0 saturated carbocycles. The quantitative estimate of drug-likeness (QED) is 0.301. The van der Waals surface area contributed by atoms with Crippen molar-refractivity contribution < 1.29 is 14.4 Å². The van der Waals surface area contributed by atoms with Crippen LogP contribution in [-0.2, 0) is 4.79 Å². The number of anilines is 2. The van der Waals surface area contributed by atoms with Crippen molar-refractivity contribution in [1.82, 2.24) is 15.5 Å². The number of benzodiazepines with no additional fused rings is 1. The fraction of sp³-hybridized carbons (Fsp3) is 0.0385. The highest BCUT2D eigenvalue weighted by Crippen LogP contribution is 2.26. The van der Waals surface area contributed by atoms with E-state index >= 15 is 0 Å². The molecule has 0 aliphatic carbocycles. The molecule has 9 nitrogen and oxygen atoms in total. The van der Waals surface area contributed by atoms with Gasteiger partial charge in [-0.05, 0) is 18.2 Å². The Bertz CT molecular complexity index is 1550. The van der Waals surface area contributed by atoms with Crippen LogP contribution >= 0.6 is 23.2 Å². The minimum absolute atomic E-state index is 0.0667. The van der Waals surface area contributed by atoms with Crippen LogP contribution in [0.1, 0.15) is 32.0 Å². The highest BCUT2D eigenvalue weighted by atomic mass is 35.5. The van der Waals surface area contributed by atoms with Crippen LogP contribution in [0.5, 0.6) is 0 Å². The molecule has 0 spiro atoms. The molecule has 1 aromatic heterocycles. The van der Waals surface area contributed by atoms with Gasteiger partial charge < -0.3 is 16.0 Å². The summed E-state index contributed by atoms with van der Waals surface area (Å²) >= 11 is 12.4. The first-order valence-corrected chi connectivity index (χ1v) is 11.8. The van der Waals surface area contributed by atoms with Crippen molar-refractivity contribution in [2.24, 2.45) is 4.99 Å². The molecule has 11 heteroatoms. The van der Waals surface area contributed by atoms with Crippen molar-refractivity contribution in [3.63, 3.8) is 0 Å². The average Bonchev–Trinajstić information content (AvgIpc) is 3.20. The Morgan fingerprint density at radius 1 is 0.865 bits per heavy atom. The summed E-state index contributed by atoms with van der Waals surface area (Å²) in [5.41, 5.74) is 2.64. The fourth-order valence-electron chi connectivity index (χ4n) is 3.76. The number of aliphatic imine (C=N–C) groups is 1. The monoisotopic (exact) mass is 532 g/mol. The molecule has 4 aromatic rings. The number of nitrogens with one attached hydrogen (secondary N) is 4. The predicted octanol–water partition coefficient (Wildman–Crippen LogP) is 4.51. The number of benzene rings is 3. The number of para-hydroxylation sites is 1. The van der Waals surface area contributed by atoms with Gasteiger partial charge in [0.2, 0.25) is 6.17 Å². The van der Waals surface area contributed by atoms with Crippen LogP contribution in [0.3, 0.4) is 0 Å². The zero-order chi connectivity index (χ0) is 25.9. The van der Waals surface area contributed by atoms with Gasteiger partial charge in [0.15, 0.2) is 5.82 Å². The first-order chi connectivity index (χ1) is 17.9. The molecule has 0 radical (unpaired) electrons. The number of H-pyrrole nitrogens is 1. The van der Waals surface area contributed by atoms with Crippen molar-refractivity contribution in [2.45, 2.75) is 6.17 Å². The fourth-order valence-corrected chi connectivity index (χ4v) is 4.20. The summed E-state index contributed by atoms with van der Waals surface area (Å²) in [4.78, 5) is 43.2. The maximum Gasteiger partial charge on any atom is 0.272 e. The number of rotatable bonds is 5. The molecule has 37 heavy (non-hydrogen) atoms. The summed E-state index contributed by atoms with van der Waals surface area (Å²) in [5, 5.41) is 14.4. The van der Waals surface area contributed by atoms with Crippen LogP contribution in [0.2, 0.25) is 10.0 Å². The van der Waals surface area contributed by atoms with E-state index in [1.54, 1.807) is 30.3 Å². The lowest BCUT2D eigenvalue weighted by Crippen LogP contribution is -2.42. The molecule has 3 amide bonds. The van der Waals surface area contributed by atoms with Crippen LogP contribution in [0.4, 0.5) is 11.5 Å². The van der Waals surface area contributed by atoms with E-state index < -0.39 is 23.9 Å². The summed E-state index contributed by atoms with van der Waals surface area (Å²) < 4.78 is 0. The van der Waals surface area contributed by atoms with Crippen LogP contribution < -0.4 is 16.0 Å². The first kappa shape index (κ1) is 24.2. The summed E-state index contributed by atoms with van der Waals surface area (Å²) in [5.74, 6) is -1.89. The molecule has 184 valence electrons. The maximum atomic E-state index is 13.1. The normalized spacial score (nSPS) is 14.6. The van der Waals surface area contributed by atoms with E-state index in [0.29, 0.717) is 17.0 Å². The highest BCUT2D eigenvalue weighted by Gasteiger charge is 2.29. The second kappa shape index (κ2) is 10.3. The molecule has 3 aromatic carbocycles. The number of aromatic amines is 1. The van der Waals surface area contributed by atoms with Gasteiger partial charge in [0.25, 0.3) is 17.7 Å². The molecule has 2 heterocycles. The number of halogens is 2. The van der Waals surface area contributed by atoms with Crippen LogP contribution in [0, 0.1) is 0 Å². The van der Waals surface area contributed by atoms with E-state index in [4.69, 9.17) is 23.2 Å². The average molecular weight is 533 g/mol. The number of hydrogen-bond donors (Lipinski definition) is 4. The topological polar surface area (TPSA) is 128 Å². The van der Waals surface area contributed by atoms with Gasteiger partial charge in [-0.25, -0.2) is 4.99 Å². The maximum absolute atomic E-state index is 13.1. The predicted molar refractivity (Wildman–Crippen MR) is 141 cm³/mol. The van der Waals surface area contributed by atoms with Crippen molar-refractivity contribution in [3.8, 4) is 0 Å². The third-order valence-corrected chi connectivity index (χ3v) is 6.24. The van der Waals surface area contributed by atoms with Crippen molar-refractivity contribution >= 4 is 58.1 Å². The van der Waals surface area contributed by atoms with Gasteiger partial charge in [0, 0.05) is 11.1 Å². The van der Waals surface area contributed by atoms with Gasteiger partial charge in [-0.2, -0.15) is 5.10 Å². The lowest BCUT2D eigenvalue weighted by atomic mass is 10.0. The number of amides is 3. The molecule has 1 aliphatic heterocycles. The van der Waals surface area contributed by atoms with Crippen LogP contribution in [-0.4, -0.2) is 39.8 Å². The third kappa shape index (κ3) is 4.95. The summed E-state index contributed by atoms with van der Waals surface area (Å²) in [7, 11) is 0. The molecule has 0 bridgehead atoms. The third-order valence-electron chi connectivity index (χ3n) is 5.55. The Morgan fingerprint density at radius 2 is 1.57 bits per heavy atom. The summed E-state index contributed by atoms with van der Waals surface area (Å²) in [6.45, 7) is 0. The van der Waals surface area contributed by atoms with E-state index in [1.807, 2.05) is 42.5 Å². The Morgan fingerprint density at radius 3 is 2.35 bits per heavy atom. The molecular weight excluding hydrogens is 515 g/mol. The lowest BCUT2D eigenvalue weighted by Gasteiger charge is -2.13. The van der Waals surface area contributed by atoms with Gasteiger partial charge in [0.1, 0.15) is 10.7 Å². The van der Waals surface area contributed by atoms with E-state index in [1.165, 1.54) is 6.07 Å². The van der Waals surface area contributed by atoms with E-state index in [9.17, 15) is 14.4 Å². The van der Waals surface area contributed by atoms with Crippen LogP contribution in [0.25, 0.3) is 0 Å². The highest BCUT2D eigenvalue weighted by molar-refractivity contribution is 6.37. The van der Waals surface area contributed by atoms with Crippen molar-refractivity contribution in [2.75, 3.05) is 10.6 Å². The van der Waals surface area contributed by atoms with Gasteiger partial charge in [-0.3, -0.25) is 19.5 Å². The SMILES string of the molecule is O=C(Nc1n[nH]c(C(=O)NC2N=C(c3ccccc3)c3ccccc3NC2=O)c1Cl)c1ccccc1Cl. The number of aromatic nitrogens is 2. The second-order valence-corrected chi connectivity index (χ2v) is 8.73. The van der Waals surface area contributed by atoms with Crippen molar-refractivity contribution in [1.29, 1.82) is 0 Å². The zero-order valence-electron chi connectivity index (χ0n) is 19.0. The first-order valence-electron chi connectivity index (χ1n) is 11.1. The van der Waals surface area contributed by atoms with Gasteiger partial charge in [-0.15, -0.1) is 0 Å². The minimum Gasteiger partial charge on any atom is -0.322 e. The number of fused-ring (bicyclic) bond motifs is 1. The molecule has 0 fully saturated rings. The van der Waals surface area contributed by atoms with Crippen molar-refractivity contribution in [3.05, 3.63) is 111 Å². The van der Waals surface area contributed by atoms with E-state index in [-0.39, 0.29) is 27.1 Å². The molecule has 0 saturated heterocycles. The van der Waals surface area contributed by atoms with Gasteiger partial charge >= 0.3 is 0 Å². The lowest BCUT2D eigenvalue weighted by molar-refractivity contribution is -0.117. The number of carbonyl (C=O) groups is 3. The Labute approximate surface area is 220 Å². The molecular formula is C26H18Cl2N6O3. The molecule has 1 atom stereocenters. The molecule has 5 rings (SSSR count). The zero-order valence-corrected chi connectivity index (χ0v) is 20.5. The standard InChI is InChI=1S/C26H18Cl2N6O3/c27-17-12-6-4-10-15(17)24(35)31-22-19(28)21(33-34-22)25(36)32-23-26(37)29-18-13-7-5-11-16(18)20(30-23)14-8-2-1-3-9-14/h1-13,23H,(H,29,37)(H,32,36)(H2,31,33,34,35). The Hall–Kier alpha value is -4.47. The molecule has 4 N–H and O–H groups in total. The Balaban J connectivity index is 1.40. The van der Waals surface area contributed by atoms with E-state index in [2.05, 4.69) is 31.1 Å². The molecule has 1 aliphatic rings. The smallest absolute Gasteiger partial charge is 0.272 e. The van der Waals surface area contributed by atoms with Gasteiger partial charge in [-0.1, -0.05) is 83.9 Å². The van der Waals surface area contributed by atoms with Crippen LogP contribution in [0.15, 0.2) is 83.9 Å². The Kier molecular flexibility index (Phi) is 6.72. The number of nitrogens with zero attached hydrogens (tertiary/aromatic N) is 2.